The zero-order chi connectivity index (χ0) is 17.7. The molecule has 4 nitrogen and oxygen atoms in total. The van der Waals surface area contributed by atoms with Crippen molar-refractivity contribution in [2.24, 2.45) is 0 Å². The molecule has 0 heterocycles. The minimum atomic E-state index is -0.304. The average molecular weight is 363 g/mol. The molecular formula is C18H16Cl2N2O2. The number of amides is 2. The summed E-state index contributed by atoms with van der Waals surface area (Å²) in [5.74, 6) is -0.372. The maximum Gasteiger partial charge on any atom is 0.253 e. The second kappa shape index (κ2) is 7.99. The van der Waals surface area contributed by atoms with Crippen molar-refractivity contribution in [2.45, 2.75) is 0 Å². The Morgan fingerprint density at radius 1 is 1.00 bits per heavy atom. The molecule has 2 amide bonds. The summed E-state index contributed by atoms with van der Waals surface area (Å²) in [6.45, 7) is 0. The lowest BCUT2D eigenvalue weighted by atomic mass is 10.1. The number of rotatable bonds is 4. The third-order valence-corrected chi connectivity index (χ3v) is 3.56. The molecule has 6 heteroatoms. The first kappa shape index (κ1) is 18.0. The van der Waals surface area contributed by atoms with Crippen LogP contribution < -0.4 is 5.32 Å². The molecule has 0 aliphatic rings. The smallest absolute Gasteiger partial charge is 0.253 e. The summed E-state index contributed by atoms with van der Waals surface area (Å²) in [6.07, 6.45) is 3.06. The van der Waals surface area contributed by atoms with Crippen LogP contribution in [0.15, 0.2) is 48.5 Å². The van der Waals surface area contributed by atoms with Gasteiger partial charge in [-0.2, -0.15) is 0 Å². The number of hydrogen-bond acceptors (Lipinski definition) is 2. The lowest BCUT2D eigenvalue weighted by Crippen LogP contribution is -2.21. The molecule has 1 N–H and O–H groups in total. The SMILES string of the molecule is CN(C)C(=O)c1ccc(/C=C/C(=O)Nc2cc(Cl)cc(Cl)c2)cc1. The van der Waals surface area contributed by atoms with Gasteiger partial charge in [-0.25, -0.2) is 0 Å². The topological polar surface area (TPSA) is 49.4 Å². The van der Waals surface area contributed by atoms with E-state index in [0.29, 0.717) is 21.3 Å². The first-order valence-corrected chi connectivity index (χ1v) is 7.87. The number of hydrogen-bond donors (Lipinski definition) is 1. The average Bonchev–Trinajstić information content (AvgIpc) is 2.51. The molecule has 0 atom stereocenters. The quantitative estimate of drug-likeness (QED) is 0.822. The number of nitrogens with zero attached hydrogens (tertiary/aromatic N) is 1. The van der Waals surface area contributed by atoms with E-state index in [-0.39, 0.29) is 11.8 Å². The Kier molecular flexibility index (Phi) is 6.01. The molecule has 0 spiro atoms. The number of anilines is 1. The minimum Gasteiger partial charge on any atom is -0.345 e. The van der Waals surface area contributed by atoms with Crippen molar-refractivity contribution in [1.82, 2.24) is 4.90 Å². The van der Waals surface area contributed by atoms with Gasteiger partial charge in [-0.3, -0.25) is 9.59 Å². The fraction of sp³-hybridized carbons (Fsp3) is 0.111. The van der Waals surface area contributed by atoms with Gasteiger partial charge in [-0.15, -0.1) is 0 Å². The third-order valence-electron chi connectivity index (χ3n) is 3.12. The predicted molar refractivity (Wildman–Crippen MR) is 98.6 cm³/mol. The van der Waals surface area contributed by atoms with E-state index in [4.69, 9.17) is 23.2 Å². The number of carbonyl (C=O) groups is 2. The Hall–Kier alpha value is -2.30. The van der Waals surface area contributed by atoms with E-state index in [2.05, 4.69) is 5.32 Å². The molecule has 124 valence electrons. The van der Waals surface area contributed by atoms with Gasteiger partial charge < -0.3 is 10.2 Å². The molecule has 2 aromatic carbocycles. The molecule has 0 aliphatic carbocycles. The fourth-order valence-corrected chi connectivity index (χ4v) is 2.50. The summed E-state index contributed by atoms with van der Waals surface area (Å²) in [6, 6.07) is 11.8. The minimum absolute atomic E-state index is 0.0684. The van der Waals surface area contributed by atoms with Crippen LogP contribution in [0.3, 0.4) is 0 Å². The summed E-state index contributed by atoms with van der Waals surface area (Å²) >= 11 is 11.8. The van der Waals surface area contributed by atoms with Crippen molar-refractivity contribution < 1.29 is 9.59 Å². The van der Waals surface area contributed by atoms with Crippen LogP contribution in [-0.2, 0) is 4.79 Å². The maximum absolute atomic E-state index is 11.9. The molecule has 0 saturated carbocycles. The van der Waals surface area contributed by atoms with Gasteiger partial charge in [0.2, 0.25) is 5.91 Å². The number of benzene rings is 2. The lowest BCUT2D eigenvalue weighted by Gasteiger charge is -2.09. The zero-order valence-corrected chi connectivity index (χ0v) is 14.7. The van der Waals surface area contributed by atoms with Gasteiger partial charge >= 0.3 is 0 Å². The molecule has 0 radical (unpaired) electrons. The first-order valence-electron chi connectivity index (χ1n) is 7.12. The molecule has 0 aliphatic heterocycles. The fourth-order valence-electron chi connectivity index (χ4n) is 1.98. The van der Waals surface area contributed by atoms with Crippen molar-refractivity contribution >= 4 is 46.8 Å². The van der Waals surface area contributed by atoms with Crippen LogP contribution >= 0.6 is 23.2 Å². The van der Waals surface area contributed by atoms with Crippen molar-refractivity contribution in [2.75, 3.05) is 19.4 Å². The van der Waals surface area contributed by atoms with Crippen molar-refractivity contribution in [1.29, 1.82) is 0 Å². The Morgan fingerprint density at radius 2 is 1.58 bits per heavy atom. The van der Waals surface area contributed by atoms with Gasteiger partial charge in [0.25, 0.3) is 5.91 Å². The second-order valence-electron chi connectivity index (χ2n) is 5.30. The monoisotopic (exact) mass is 362 g/mol. The molecule has 0 fully saturated rings. The highest BCUT2D eigenvalue weighted by atomic mass is 35.5. The standard InChI is InChI=1S/C18H16Cl2N2O2/c1-22(2)18(24)13-6-3-12(4-7-13)5-8-17(23)21-16-10-14(19)9-15(20)11-16/h3-11H,1-2H3,(H,21,23)/b8-5+. The molecular weight excluding hydrogens is 347 g/mol. The molecule has 0 unspecified atom stereocenters. The maximum atomic E-state index is 11.9. The van der Waals surface area contributed by atoms with Crippen LogP contribution in [0, 0.1) is 0 Å². The van der Waals surface area contributed by atoms with E-state index in [1.54, 1.807) is 62.6 Å². The second-order valence-corrected chi connectivity index (χ2v) is 6.18. The van der Waals surface area contributed by atoms with Gasteiger partial charge in [0, 0.05) is 41.5 Å². The summed E-state index contributed by atoms with van der Waals surface area (Å²) < 4.78 is 0. The highest BCUT2D eigenvalue weighted by Gasteiger charge is 2.06. The van der Waals surface area contributed by atoms with Gasteiger partial charge in [-0.05, 0) is 42.0 Å². The summed E-state index contributed by atoms with van der Waals surface area (Å²) in [5, 5.41) is 3.58. The molecule has 0 bridgehead atoms. The van der Waals surface area contributed by atoms with Gasteiger partial charge in [0.15, 0.2) is 0 Å². The Balaban J connectivity index is 2.02. The lowest BCUT2D eigenvalue weighted by molar-refractivity contribution is -0.111. The highest BCUT2D eigenvalue weighted by Crippen LogP contribution is 2.22. The number of halogens is 2. The molecule has 0 aromatic heterocycles. The van der Waals surface area contributed by atoms with Crippen LogP contribution in [0.1, 0.15) is 15.9 Å². The Labute approximate surface area is 150 Å². The Morgan fingerprint density at radius 3 is 2.12 bits per heavy atom. The van der Waals surface area contributed by atoms with E-state index in [1.165, 1.54) is 11.0 Å². The number of carbonyl (C=O) groups excluding carboxylic acids is 2. The highest BCUT2D eigenvalue weighted by molar-refractivity contribution is 6.35. The zero-order valence-electron chi connectivity index (χ0n) is 13.2. The van der Waals surface area contributed by atoms with Gasteiger partial charge in [-0.1, -0.05) is 35.3 Å². The van der Waals surface area contributed by atoms with Crippen molar-refractivity contribution in [3.63, 3.8) is 0 Å². The largest absolute Gasteiger partial charge is 0.345 e. The van der Waals surface area contributed by atoms with E-state index < -0.39 is 0 Å². The number of nitrogens with one attached hydrogen (secondary N) is 1. The van der Waals surface area contributed by atoms with Crippen LogP contribution in [-0.4, -0.2) is 30.8 Å². The summed E-state index contributed by atoms with van der Waals surface area (Å²) in [7, 11) is 3.39. The molecule has 2 rings (SSSR count). The summed E-state index contributed by atoms with van der Waals surface area (Å²) in [4.78, 5) is 25.2. The van der Waals surface area contributed by atoms with E-state index in [0.717, 1.165) is 5.56 Å². The van der Waals surface area contributed by atoms with E-state index in [9.17, 15) is 9.59 Å². The summed E-state index contributed by atoms with van der Waals surface area (Å²) in [5.41, 5.74) is 1.92. The molecule has 2 aromatic rings. The van der Waals surface area contributed by atoms with Crippen LogP contribution in [0.25, 0.3) is 6.08 Å². The van der Waals surface area contributed by atoms with Crippen LogP contribution in [0.2, 0.25) is 10.0 Å². The van der Waals surface area contributed by atoms with Gasteiger partial charge in [0.05, 0.1) is 0 Å². The van der Waals surface area contributed by atoms with Crippen molar-refractivity contribution in [3.8, 4) is 0 Å². The molecule has 0 saturated heterocycles. The molecule has 24 heavy (non-hydrogen) atoms. The van der Waals surface area contributed by atoms with E-state index in [1.807, 2.05) is 0 Å². The predicted octanol–water partition coefficient (Wildman–Crippen LogP) is 4.35. The van der Waals surface area contributed by atoms with Gasteiger partial charge in [0.1, 0.15) is 0 Å². The third kappa shape index (κ3) is 5.11. The Bertz CT molecular complexity index is 764. The van der Waals surface area contributed by atoms with Crippen LogP contribution in [0.4, 0.5) is 5.69 Å². The van der Waals surface area contributed by atoms with Crippen LogP contribution in [0.5, 0.6) is 0 Å². The first-order chi connectivity index (χ1) is 11.3. The normalized spacial score (nSPS) is 10.7. The van der Waals surface area contributed by atoms with Crippen molar-refractivity contribution in [3.05, 3.63) is 69.7 Å². The van der Waals surface area contributed by atoms with E-state index >= 15 is 0 Å².